The first-order valence-electron chi connectivity index (χ1n) is 7.99. The van der Waals surface area contributed by atoms with Gasteiger partial charge in [-0.3, -0.25) is 9.89 Å². The molecule has 2 N–H and O–H groups in total. The van der Waals surface area contributed by atoms with E-state index < -0.39 is 0 Å². The van der Waals surface area contributed by atoms with Crippen molar-refractivity contribution in [3.63, 3.8) is 0 Å². The van der Waals surface area contributed by atoms with Gasteiger partial charge in [0, 0.05) is 39.8 Å². The fraction of sp³-hybridized carbons (Fsp3) is 0.933. The van der Waals surface area contributed by atoms with E-state index >= 15 is 0 Å². The van der Waals surface area contributed by atoms with Crippen molar-refractivity contribution in [2.75, 3.05) is 39.8 Å². The Kier molecular flexibility index (Phi) is 6.10. The number of morpholine rings is 1. The molecule has 0 bridgehead atoms. The molecule has 20 heavy (non-hydrogen) atoms. The molecule has 1 aliphatic heterocycles. The Labute approximate surface area is 123 Å². The summed E-state index contributed by atoms with van der Waals surface area (Å²) in [5, 5.41) is 6.78. The monoisotopic (exact) mass is 282 g/mol. The van der Waals surface area contributed by atoms with Crippen LogP contribution in [0.3, 0.4) is 0 Å². The van der Waals surface area contributed by atoms with E-state index in [1.807, 2.05) is 7.05 Å². The minimum Gasteiger partial charge on any atom is -0.373 e. The van der Waals surface area contributed by atoms with Gasteiger partial charge in [-0.25, -0.2) is 0 Å². The Bertz CT molecular complexity index is 307. The van der Waals surface area contributed by atoms with Crippen molar-refractivity contribution in [3.05, 3.63) is 0 Å². The molecule has 1 aliphatic carbocycles. The Morgan fingerprint density at radius 3 is 2.50 bits per heavy atom. The number of nitrogens with one attached hydrogen (secondary N) is 2. The summed E-state index contributed by atoms with van der Waals surface area (Å²) in [6, 6.07) is 0. The van der Waals surface area contributed by atoms with Crippen molar-refractivity contribution in [2.24, 2.45) is 10.9 Å². The van der Waals surface area contributed by atoms with Crippen LogP contribution < -0.4 is 10.6 Å². The van der Waals surface area contributed by atoms with E-state index in [2.05, 4.69) is 34.4 Å². The summed E-state index contributed by atoms with van der Waals surface area (Å²) >= 11 is 0. The molecule has 0 amide bonds. The largest absolute Gasteiger partial charge is 0.373 e. The third kappa shape index (κ3) is 5.67. The maximum absolute atomic E-state index is 5.75. The maximum Gasteiger partial charge on any atom is 0.190 e. The van der Waals surface area contributed by atoms with Crippen LogP contribution in [0, 0.1) is 5.92 Å². The molecule has 2 atom stereocenters. The molecule has 0 aromatic heterocycles. The molecule has 2 fully saturated rings. The standard InChI is InChI=1S/C15H30N4O/c1-12-10-19(11-13(2)20-12)8-4-7-17-15(16-3)18-9-14-5-6-14/h12-14H,4-11H2,1-3H3,(H2,16,17,18). The van der Waals surface area contributed by atoms with Crippen LogP contribution in [0.1, 0.15) is 33.1 Å². The number of hydrogen-bond acceptors (Lipinski definition) is 3. The van der Waals surface area contributed by atoms with Crippen LogP contribution in [-0.4, -0.2) is 62.8 Å². The van der Waals surface area contributed by atoms with Crippen molar-refractivity contribution < 1.29 is 4.74 Å². The van der Waals surface area contributed by atoms with E-state index in [9.17, 15) is 0 Å². The zero-order valence-electron chi connectivity index (χ0n) is 13.2. The second kappa shape index (κ2) is 7.84. The molecule has 5 nitrogen and oxygen atoms in total. The summed E-state index contributed by atoms with van der Waals surface area (Å²) in [6.07, 6.45) is 4.61. The Morgan fingerprint density at radius 2 is 1.90 bits per heavy atom. The second-order valence-corrected chi connectivity index (χ2v) is 6.19. The topological polar surface area (TPSA) is 48.9 Å². The molecule has 1 saturated carbocycles. The van der Waals surface area contributed by atoms with Crippen molar-refractivity contribution in [2.45, 2.75) is 45.3 Å². The molecule has 2 aliphatic rings. The first-order chi connectivity index (χ1) is 9.67. The fourth-order valence-corrected chi connectivity index (χ4v) is 2.76. The summed E-state index contributed by atoms with van der Waals surface area (Å²) in [6.45, 7) is 9.60. The van der Waals surface area contributed by atoms with Gasteiger partial charge in [-0.15, -0.1) is 0 Å². The van der Waals surface area contributed by atoms with Gasteiger partial charge >= 0.3 is 0 Å². The highest BCUT2D eigenvalue weighted by molar-refractivity contribution is 5.79. The van der Waals surface area contributed by atoms with Gasteiger partial charge in [0.1, 0.15) is 0 Å². The van der Waals surface area contributed by atoms with E-state index in [4.69, 9.17) is 4.74 Å². The Morgan fingerprint density at radius 1 is 1.20 bits per heavy atom. The molecule has 0 aromatic carbocycles. The lowest BCUT2D eigenvalue weighted by Gasteiger charge is -2.35. The lowest BCUT2D eigenvalue weighted by atomic mass is 10.2. The molecule has 0 aromatic rings. The number of rotatable bonds is 6. The normalized spacial score (nSPS) is 28.4. The molecule has 5 heteroatoms. The Hall–Kier alpha value is -0.810. The molecule has 0 radical (unpaired) electrons. The van der Waals surface area contributed by atoms with Gasteiger partial charge in [0.2, 0.25) is 0 Å². The van der Waals surface area contributed by atoms with E-state index in [-0.39, 0.29) is 0 Å². The maximum atomic E-state index is 5.75. The lowest BCUT2D eigenvalue weighted by molar-refractivity contribution is -0.0679. The van der Waals surface area contributed by atoms with Gasteiger partial charge in [-0.05, 0) is 39.0 Å². The third-order valence-electron chi connectivity index (χ3n) is 3.92. The predicted octanol–water partition coefficient (Wildman–Crippen LogP) is 1.06. The van der Waals surface area contributed by atoms with Crippen LogP contribution in [0.25, 0.3) is 0 Å². The van der Waals surface area contributed by atoms with Gasteiger partial charge in [-0.2, -0.15) is 0 Å². The summed E-state index contributed by atoms with van der Waals surface area (Å²) in [5.41, 5.74) is 0. The number of aliphatic imine (C=N–C) groups is 1. The number of ether oxygens (including phenoxy) is 1. The molecular formula is C15H30N4O. The predicted molar refractivity (Wildman–Crippen MR) is 83.2 cm³/mol. The molecule has 1 heterocycles. The van der Waals surface area contributed by atoms with Gasteiger partial charge in [0.25, 0.3) is 0 Å². The summed E-state index contributed by atoms with van der Waals surface area (Å²) in [5.74, 6) is 1.82. The molecule has 0 spiro atoms. The van der Waals surface area contributed by atoms with E-state index in [1.54, 1.807) is 0 Å². The smallest absolute Gasteiger partial charge is 0.190 e. The lowest BCUT2D eigenvalue weighted by Crippen LogP contribution is -2.46. The van der Waals surface area contributed by atoms with Crippen molar-refractivity contribution >= 4 is 5.96 Å². The average molecular weight is 282 g/mol. The number of nitrogens with zero attached hydrogens (tertiary/aromatic N) is 2. The van der Waals surface area contributed by atoms with E-state index in [1.165, 1.54) is 12.8 Å². The van der Waals surface area contributed by atoms with Crippen molar-refractivity contribution in [3.8, 4) is 0 Å². The first kappa shape index (κ1) is 15.6. The fourth-order valence-electron chi connectivity index (χ4n) is 2.76. The van der Waals surface area contributed by atoms with Gasteiger partial charge in [0.05, 0.1) is 12.2 Å². The summed E-state index contributed by atoms with van der Waals surface area (Å²) in [7, 11) is 1.84. The van der Waals surface area contributed by atoms with E-state index in [0.717, 1.165) is 51.0 Å². The summed E-state index contributed by atoms with van der Waals surface area (Å²) < 4.78 is 5.75. The van der Waals surface area contributed by atoms with Crippen LogP contribution in [0.2, 0.25) is 0 Å². The molecule has 2 unspecified atom stereocenters. The molecule has 116 valence electrons. The highest BCUT2D eigenvalue weighted by atomic mass is 16.5. The van der Waals surface area contributed by atoms with Crippen molar-refractivity contribution in [1.82, 2.24) is 15.5 Å². The number of guanidine groups is 1. The molecule has 1 saturated heterocycles. The van der Waals surface area contributed by atoms with E-state index in [0.29, 0.717) is 12.2 Å². The highest BCUT2D eigenvalue weighted by Crippen LogP contribution is 2.27. The zero-order valence-corrected chi connectivity index (χ0v) is 13.2. The van der Waals surface area contributed by atoms with Crippen LogP contribution in [0.15, 0.2) is 4.99 Å². The molecule has 2 rings (SSSR count). The average Bonchev–Trinajstić information content (AvgIpc) is 3.21. The Balaban J connectivity index is 1.55. The van der Waals surface area contributed by atoms with Gasteiger partial charge in [-0.1, -0.05) is 0 Å². The minimum absolute atomic E-state index is 0.361. The number of hydrogen-bond donors (Lipinski definition) is 2. The van der Waals surface area contributed by atoms with Crippen LogP contribution in [0.4, 0.5) is 0 Å². The van der Waals surface area contributed by atoms with Crippen LogP contribution in [-0.2, 0) is 4.74 Å². The summed E-state index contributed by atoms with van der Waals surface area (Å²) in [4.78, 5) is 6.76. The van der Waals surface area contributed by atoms with Crippen LogP contribution >= 0.6 is 0 Å². The minimum atomic E-state index is 0.361. The zero-order chi connectivity index (χ0) is 14.4. The van der Waals surface area contributed by atoms with Crippen molar-refractivity contribution in [1.29, 1.82) is 0 Å². The second-order valence-electron chi connectivity index (χ2n) is 6.19. The third-order valence-corrected chi connectivity index (χ3v) is 3.92. The van der Waals surface area contributed by atoms with Crippen LogP contribution in [0.5, 0.6) is 0 Å². The highest BCUT2D eigenvalue weighted by Gasteiger charge is 2.22. The first-order valence-corrected chi connectivity index (χ1v) is 7.99. The van der Waals surface area contributed by atoms with Gasteiger partial charge in [0.15, 0.2) is 5.96 Å². The SMILES string of the molecule is CN=C(NCCCN1CC(C)OC(C)C1)NCC1CC1. The molecular weight excluding hydrogens is 252 g/mol. The van der Waals surface area contributed by atoms with Gasteiger partial charge < -0.3 is 15.4 Å². The quantitative estimate of drug-likeness (QED) is 0.434.